The van der Waals surface area contributed by atoms with E-state index in [2.05, 4.69) is 25.8 Å². The summed E-state index contributed by atoms with van der Waals surface area (Å²) in [5.74, 6) is 1.22. The number of nitrogens with two attached hydrogens (primary N) is 1. The Morgan fingerprint density at radius 3 is 2.60 bits per heavy atom. The first kappa shape index (κ1) is 12.0. The summed E-state index contributed by atoms with van der Waals surface area (Å²) in [6.07, 6.45) is 3.14. The quantitative estimate of drug-likeness (QED) is 0.809. The molecule has 0 fully saturated rings. The number of anilines is 1. The molecule has 0 bridgehead atoms. The lowest BCUT2D eigenvalue weighted by molar-refractivity contribution is 0.0396. The highest BCUT2D eigenvalue weighted by molar-refractivity contribution is 5.28. The van der Waals surface area contributed by atoms with Gasteiger partial charge in [0, 0.05) is 6.20 Å². The van der Waals surface area contributed by atoms with Gasteiger partial charge in [0.25, 0.3) is 0 Å². The van der Waals surface area contributed by atoms with Crippen molar-refractivity contribution in [3.05, 3.63) is 23.9 Å². The smallest absolute Gasteiger partial charge is 0.123 e. The van der Waals surface area contributed by atoms with E-state index in [4.69, 9.17) is 10.5 Å². The van der Waals surface area contributed by atoms with Gasteiger partial charge < -0.3 is 10.5 Å². The van der Waals surface area contributed by atoms with Crippen molar-refractivity contribution in [2.24, 2.45) is 5.92 Å². The Kier molecular flexibility index (Phi) is 4.56. The first-order chi connectivity index (χ1) is 7.08. The first-order valence-corrected chi connectivity index (χ1v) is 5.40. The molecule has 1 aromatic heterocycles. The lowest BCUT2D eigenvalue weighted by Gasteiger charge is -2.14. The van der Waals surface area contributed by atoms with Gasteiger partial charge in [0.05, 0.1) is 12.7 Å². The third-order valence-corrected chi connectivity index (χ3v) is 2.19. The zero-order chi connectivity index (χ0) is 11.3. The minimum absolute atomic E-state index is 0.294. The van der Waals surface area contributed by atoms with Crippen LogP contribution in [0.25, 0.3) is 0 Å². The van der Waals surface area contributed by atoms with Crippen molar-refractivity contribution in [1.82, 2.24) is 4.98 Å². The molecule has 3 nitrogen and oxygen atoms in total. The molecule has 15 heavy (non-hydrogen) atoms. The second kappa shape index (κ2) is 5.71. The lowest BCUT2D eigenvalue weighted by Crippen LogP contribution is -2.11. The summed E-state index contributed by atoms with van der Waals surface area (Å²) < 4.78 is 5.70. The summed E-state index contributed by atoms with van der Waals surface area (Å²) in [6, 6.07) is 3.75. The molecule has 0 radical (unpaired) electrons. The van der Waals surface area contributed by atoms with Gasteiger partial charge in [-0.25, -0.2) is 4.98 Å². The van der Waals surface area contributed by atoms with Crippen LogP contribution >= 0.6 is 0 Å². The Morgan fingerprint density at radius 1 is 1.33 bits per heavy atom. The molecule has 1 heterocycles. The standard InChI is InChI=1S/C12H20N2O/c1-9(2)6-10(3)15-8-11-4-5-12(13)14-7-11/h4-5,7,9-10H,6,8H2,1-3H3,(H2,13,14). The van der Waals surface area contributed by atoms with Crippen molar-refractivity contribution >= 4 is 5.82 Å². The van der Waals surface area contributed by atoms with E-state index in [9.17, 15) is 0 Å². The predicted octanol–water partition coefficient (Wildman–Crippen LogP) is 2.62. The summed E-state index contributed by atoms with van der Waals surface area (Å²) in [6.45, 7) is 7.11. The molecule has 0 saturated carbocycles. The molecule has 0 spiro atoms. The molecule has 1 unspecified atom stereocenters. The highest BCUT2D eigenvalue weighted by atomic mass is 16.5. The van der Waals surface area contributed by atoms with Crippen LogP contribution in [0, 0.1) is 5.92 Å². The third-order valence-electron chi connectivity index (χ3n) is 2.19. The molecule has 0 amide bonds. The monoisotopic (exact) mass is 208 g/mol. The van der Waals surface area contributed by atoms with E-state index in [1.54, 1.807) is 12.3 Å². The maximum Gasteiger partial charge on any atom is 0.123 e. The van der Waals surface area contributed by atoms with Crippen LogP contribution in [-0.2, 0) is 11.3 Å². The van der Waals surface area contributed by atoms with Crippen LogP contribution in [0.2, 0.25) is 0 Å². The average molecular weight is 208 g/mol. The van der Waals surface area contributed by atoms with Crippen molar-refractivity contribution in [3.63, 3.8) is 0 Å². The van der Waals surface area contributed by atoms with E-state index in [0.717, 1.165) is 12.0 Å². The molecule has 3 heteroatoms. The molecule has 0 aromatic carbocycles. The van der Waals surface area contributed by atoms with Gasteiger partial charge in [-0.1, -0.05) is 19.9 Å². The Labute approximate surface area is 91.7 Å². The SMILES string of the molecule is CC(C)CC(C)OCc1ccc(N)nc1. The zero-order valence-electron chi connectivity index (χ0n) is 9.73. The van der Waals surface area contributed by atoms with Gasteiger partial charge in [-0.2, -0.15) is 0 Å². The Balaban J connectivity index is 2.33. The number of aromatic nitrogens is 1. The molecule has 0 aliphatic heterocycles. The van der Waals surface area contributed by atoms with Gasteiger partial charge in [0.1, 0.15) is 5.82 Å². The second-order valence-electron chi connectivity index (χ2n) is 4.34. The minimum Gasteiger partial charge on any atom is -0.384 e. The molecule has 0 aliphatic rings. The van der Waals surface area contributed by atoms with Crippen LogP contribution in [0.1, 0.15) is 32.8 Å². The Bertz CT molecular complexity index is 282. The molecule has 0 aliphatic carbocycles. The van der Waals surface area contributed by atoms with Gasteiger partial charge in [-0.15, -0.1) is 0 Å². The van der Waals surface area contributed by atoms with Crippen LogP contribution in [0.15, 0.2) is 18.3 Å². The van der Waals surface area contributed by atoms with Crippen LogP contribution < -0.4 is 5.73 Å². The number of hydrogen-bond donors (Lipinski definition) is 1. The number of pyridine rings is 1. The van der Waals surface area contributed by atoms with Gasteiger partial charge in [-0.05, 0) is 30.9 Å². The molecule has 1 atom stereocenters. The maximum absolute atomic E-state index is 5.70. The molecular formula is C12H20N2O. The summed E-state index contributed by atoms with van der Waals surface area (Å²) in [7, 11) is 0. The van der Waals surface area contributed by atoms with Gasteiger partial charge in [-0.3, -0.25) is 0 Å². The molecule has 1 aromatic rings. The second-order valence-corrected chi connectivity index (χ2v) is 4.34. The van der Waals surface area contributed by atoms with E-state index in [1.807, 2.05) is 6.07 Å². The molecule has 2 N–H and O–H groups in total. The van der Waals surface area contributed by atoms with E-state index < -0.39 is 0 Å². The van der Waals surface area contributed by atoms with Crippen molar-refractivity contribution < 1.29 is 4.74 Å². The van der Waals surface area contributed by atoms with Gasteiger partial charge in [0.2, 0.25) is 0 Å². The third kappa shape index (κ3) is 4.79. The maximum atomic E-state index is 5.70. The van der Waals surface area contributed by atoms with E-state index in [1.165, 1.54) is 0 Å². The minimum atomic E-state index is 0.294. The topological polar surface area (TPSA) is 48.1 Å². The summed E-state index contributed by atoms with van der Waals surface area (Å²) >= 11 is 0. The van der Waals surface area contributed by atoms with E-state index in [0.29, 0.717) is 24.4 Å². The Morgan fingerprint density at radius 2 is 2.07 bits per heavy atom. The van der Waals surface area contributed by atoms with Crippen LogP contribution in [-0.4, -0.2) is 11.1 Å². The van der Waals surface area contributed by atoms with Crippen molar-refractivity contribution in [1.29, 1.82) is 0 Å². The summed E-state index contributed by atoms with van der Waals surface area (Å²) in [4.78, 5) is 4.02. The molecule has 1 rings (SSSR count). The summed E-state index contributed by atoms with van der Waals surface area (Å²) in [5.41, 5.74) is 6.57. The number of ether oxygens (including phenoxy) is 1. The van der Waals surface area contributed by atoms with Crippen molar-refractivity contribution in [2.75, 3.05) is 5.73 Å². The molecule has 0 saturated heterocycles. The van der Waals surface area contributed by atoms with Crippen LogP contribution in [0.5, 0.6) is 0 Å². The number of rotatable bonds is 5. The summed E-state index contributed by atoms with van der Waals surface area (Å²) in [5, 5.41) is 0. The average Bonchev–Trinajstić information content (AvgIpc) is 2.16. The van der Waals surface area contributed by atoms with Crippen molar-refractivity contribution in [3.8, 4) is 0 Å². The lowest BCUT2D eigenvalue weighted by atomic mass is 10.1. The largest absolute Gasteiger partial charge is 0.384 e. The van der Waals surface area contributed by atoms with Crippen LogP contribution in [0.3, 0.4) is 0 Å². The number of hydrogen-bond acceptors (Lipinski definition) is 3. The predicted molar refractivity (Wildman–Crippen MR) is 62.4 cm³/mol. The molecular weight excluding hydrogens is 188 g/mol. The number of nitrogens with zero attached hydrogens (tertiary/aromatic N) is 1. The normalized spacial score (nSPS) is 13.1. The fourth-order valence-corrected chi connectivity index (χ4v) is 1.49. The van der Waals surface area contributed by atoms with E-state index in [-0.39, 0.29) is 0 Å². The van der Waals surface area contributed by atoms with Crippen LogP contribution in [0.4, 0.5) is 5.82 Å². The fraction of sp³-hybridized carbons (Fsp3) is 0.583. The van der Waals surface area contributed by atoms with Crippen molar-refractivity contribution in [2.45, 2.75) is 39.9 Å². The van der Waals surface area contributed by atoms with E-state index >= 15 is 0 Å². The highest BCUT2D eigenvalue weighted by Gasteiger charge is 2.05. The fourth-order valence-electron chi connectivity index (χ4n) is 1.49. The zero-order valence-corrected chi connectivity index (χ0v) is 9.73. The van der Waals surface area contributed by atoms with Gasteiger partial charge in [0.15, 0.2) is 0 Å². The number of nitrogen functional groups attached to an aromatic ring is 1. The highest BCUT2D eigenvalue weighted by Crippen LogP contribution is 2.10. The van der Waals surface area contributed by atoms with Gasteiger partial charge >= 0.3 is 0 Å². The Hall–Kier alpha value is -1.09. The molecule has 84 valence electrons. The first-order valence-electron chi connectivity index (χ1n) is 5.40.